The molecule has 0 atom stereocenters. The van der Waals surface area contributed by atoms with Gasteiger partial charge < -0.3 is 5.73 Å². The van der Waals surface area contributed by atoms with Gasteiger partial charge in [0.05, 0.1) is 11.4 Å². The highest BCUT2D eigenvalue weighted by Gasteiger charge is 2.34. The molecule has 1 aromatic rings. The molecule has 2 rings (SSSR count). The van der Waals surface area contributed by atoms with E-state index in [0.29, 0.717) is 29.4 Å². The molecule has 0 aliphatic heterocycles. The van der Waals surface area contributed by atoms with Crippen LogP contribution in [0.5, 0.6) is 0 Å². The highest BCUT2D eigenvalue weighted by atomic mass is 32.2. The molecule has 0 aromatic carbocycles. The molecule has 1 aliphatic rings. The maximum atomic E-state index is 12.9. The van der Waals surface area contributed by atoms with Crippen LogP contribution in [0.4, 0.5) is 0 Å². The molecule has 1 fully saturated rings. The number of aryl methyl sites for hydroxylation is 2. The molecule has 7 heteroatoms. The Labute approximate surface area is 127 Å². The number of rotatable bonds is 6. The number of hydrogen-bond acceptors (Lipinski definition) is 4. The summed E-state index contributed by atoms with van der Waals surface area (Å²) in [5.41, 5.74) is 6.81. The third-order valence-corrected chi connectivity index (χ3v) is 6.53. The minimum absolute atomic E-state index is 0.126. The Bertz CT molecular complexity index is 588. The van der Waals surface area contributed by atoms with Crippen molar-refractivity contribution in [2.75, 3.05) is 13.6 Å². The predicted octanol–water partition coefficient (Wildman–Crippen LogP) is 1.41. The normalized spacial score (nSPS) is 17.0. The first-order valence-electron chi connectivity index (χ1n) is 7.61. The van der Waals surface area contributed by atoms with Gasteiger partial charge in [-0.1, -0.05) is 12.8 Å². The summed E-state index contributed by atoms with van der Waals surface area (Å²) in [6.45, 7) is 4.82. The van der Waals surface area contributed by atoms with E-state index >= 15 is 0 Å². The van der Waals surface area contributed by atoms with Crippen LogP contribution in [0.2, 0.25) is 0 Å². The summed E-state index contributed by atoms with van der Waals surface area (Å²) in [5.74, 6) is 0. The lowest BCUT2D eigenvalue weighted by atomic mass is 10.3. The first-order chi connectivity index (χ1) is 9.89. The second-order valence-electron chi connectivity index (χ2n) is 5.82. The second-order valence-corrected chi connectivity index (χ2v) is 7.76. The highest BCUT2D eigenvalue weighted by Crippen LogP contribution is 2.29. The Morgan fingerprint density at radius 2 is 1.95 bits per heavy atom. The molecule has 0 radical (unpaired) electrons. The highest BCUT2D eigenvalue weighted by molar-refractivity contribution is 7.89. The number of nitrogens with zero attached hydrogens (tertiary/aromatic N) is 3. The van der Waals surface area contributed by atoms with Gasteiger partial charge in [-0.25, -0.2) is 8.42 Å². The number of sulfonamides is 1. The van der Waals surface area contributed by atoms with Gasteiger partial charge in [0.2, 0.25) is 10.0 Å². The van der Waals surface area contributed by atoms with Crippen molar-refractivity contribution in [3.8, 4) is 0 Å². The lowest BCUT2D eigenvalue weighted by Gasteiger charge is -2.23. The van der Waals surface area contributed by atoms with Gasteiger partial charge in [0.25, 0.3) is 0 Å². The van der Waals surface area contributed by atoms with E-state index in [1.54, 1.807) is 23.0 Å². The second kappa shape index (κ2) is 6.46. The molecule has 1 aliphatic carbocycles. The van der Waals surface area contributed by atoms with E-state index in [-0.39, 0.29) is 6.04 Å². The Kier molecular flexibility index (Phi) is 5.06. The summed E-state index contributed by atoms with van der Waals surface area (Å²) >= 11 is 0. The number of hydrogen-bond donors (Lipinski definition) is 1. The fraction of sp³-hybridized carbons (Fsp3) is 0.786. The summed E-state index contributed by atoms with van der Waals surface area (Å²) in [5, 5.41) is 4.38. The molecule has 6 nitrogen and oxygen atoms in total. The maximum absolute atomic E-state index is 12.9. The Hall–Kier alpha value is -0.920. The summed E-state index contributed by atoms with van der Waals surface area (Å²) in [6.07, 6.45) is 4.92. The van der Waals surface area contributed by atoms with E-state index in [0.717, 1.165) is 32.1 Å². The van der Waals surface area contributed by atoms with Crippen LogP contribution in [-0.4, -0.2) is 42.1 Å². The van der Waals surface area contributed by atoms with Crippen LogP contribution in [0, 0.1) is 13.8 Å². The Morgan fingerprint density at radius 3 is 2.52 bits per heavy atom. The fourth-order valence-corrected chi connectivity index (χ4v) is 4.90. The molecule has 21 heavy (non-hydrogen) atoms. The van der Waals surface area contributed by atoms with Gasteiger partial charge in [-0.05, 0) is 39.7 Å². The van der Waals surface area contributed by atoms with Crippen molar-refractivity contribution in [3.63, 3.8) is 0 Å². The van der Waals surface area contributed by atoms with Crippen LogP contribution in [-0.2, 0) is 16.6 Å². The number of nitrogens with two attached hydrogens (primary N) is 1. The summed E-state index contributed by atoms with van der Waals surface area (Å²) < 4.78 is 29.1. The molecule has 0 unspecified atom stereocenters. The van der Waals surface area contributed by atoms with Crippen molar-refractivity contribution in [1.82, 2.24) is 14.1 Å². The molecule has 1 aromatic heterocycles. The third kappa shape index (κ3) is 3.14. The van der Waals surface area contributed by atoms with Crippen LogP contribution in [0.1, 0.15) is 43.5 Å². The predicted molar refractivity (Wildman–Crippen MR) is 82.6 cm³/mol. The topological polar surface area (TPSA) is 81.2 Å². The Morgan fingerprint density at radius 1 is 1.33 bits per heavy atom. The summed E-state index contributed by atoms with van der Waals surface area (Å²) in [4.78, 5) is 0.369. The zero-order valence-electron chi connectivity index (χ0n) is 13.2. The molecular formula is C14H26N4O2S. The van der Waals surface area contributed by atoms with Crippen LogP contribution in [0.25, 0.3) is 0 Å². The standard InChI is InChI=1S/C14H26N4O2S/c1-11-14(12(2)18(16-11)10-6-9-15)21(19,20)17(3)13-7-4-5-8-13/h13H,4-10,15H2,1-3H3. The lowest BCUT2D eigenvalue weighted by molar-refractivity contribution is 0.372. The van der Waals surface area contributed by atoms with E-state index in [1.807, 2.05) is 6.92 Å². The minimum Gasteiger partial charge on any atom is -0.330 e. The third-order valence-electron chi connectivity index (χ3n) is 4.37. The number of aromatic nitrogens is 2. The van der Waals surface area contributed by atoms with Crippen molar-refractivity contribution < 1.29 is 8.42 Å². The van der Waals surface area contributed by atoms with E-state index in [1.165, 1.54) is 0 Å². The summed E-state index contributed by atoms with van der Waals surface area (Å²) in [6, 6.07) is 0.126. The Balaban J connectivity index is 2.33. The van der Waals surface area contributed by atoms with Crippen molar-refractivity contribution in [3.05, 3.63) is 11.4 Å². The minimum atomic E-state index is -3.47. The lowest BCUT2D eigenvalue weighted by Crippen LogP contribution is -2.35. The van der Waals surface area contributed by atoms with Gasteiger partial charge in [-0.2, -0.15) is 9.40 Å². The SMILES string of the molecule is Cc1nn(CCCN)c(C)c1S(=O)(=O)N(C)C1CCCC1. The van der Waals surface area contributed by atoms with Gasteiger partial charge in [-0.3, -0.25) is 4.68 Å². The first-order valence-corrected chi connectivity index (χ1v) is 9.05. The monoisotopic (exact) mass is 314 g/mol. The fourth-order valence-electron chi connectivity index (χ4n) is 3.12. The maximum Gasteiger partial charge on any atom is 0.246 e. The van der Waals surface area contributed by atoms with E-state index in [9.17, 15) is 8.42 Å². The quantitative estimate of drug-likeness (QED) is 0.861. The molecule has 1 heterocycles. The molecule has 0 saturated heterocycles. The summed E-state index contributed by atoms with van der Waals surface area (Å²) in [7, 11) is -1.77. The van der Waals surface area contributed by atoms with Crippen molar-refractivity contribution in [2.45, 2.75) is 63.4 Å². The average molecular weight is 314 g/mol. The van der Waals surface area contributed by atoms with Gasteiger partial charge in [0, 0.05) is 19.6 Å². The zero-order valence-corrected chi connectivity index (χ0v) is 14.0. The zero-order chi connectivity index (χ0) is 15.6. The molecule has 120 valence electrons. The largest absolute Gasteiger partial charge is 0.330 e. The van der Waals surface area contributed by atoms with Crippen molar-refractivity contribution >= 4 is 10.0 Å². The molecule has 0 bridgehead atoms. The van der Waals surface area contributed by atoms with Crippen LogP contribution in [0.3, 0.4) is 0 Å². The van der Waals surface area contributed by atoms with Crippen LogP contribution < -0.4 is 5.73 Å². The molecular weight excluding hydrogens is 288 g/mol. The first kappa shape index (κ1) is 16.5. The molecule has 2 N–H and O–H groups in total. The van der Waals surface area contributed by atoms with E-state index in [2.05, 4.69) is 5.10 Å². The van der Waals surface area contributed by atoms with E-state index in [4.69, 9.17) is 5.73 Å². The van der Waals surface area contributed by atoms with Crippen molar-refractivity contribution in [2.24, 2.45) is 5.73 Å². The van der Waals surface area contributed by atoms with Crippen molar-refractivity contribution in [1.29, 1.82) is 0 Å². The van der Waals surface area contributed by atoms with Gasteiger partial charge in [0.1, 0.15) is 4.90 Å². The molecule has 0 amide bonds. The smallest absolute Gasteiger partial charge is 0.246 e. The molecule has 0 spiro atoms. The van der Waals surface area contributed by atoms with Gasteiger partial charge in [0.15, 0.2) is 0 Å². The van der Waals surface area contributed by atoms with Gasteiger partial charge >= 0.3 is 0 Å². The molecule has 1 saturated carbocycles. The van der Waals surface area contributed by atoms with Crippen LogP contribution >= 0.6 is 0 Å². The van der Waals surface area contributed by atoms with Gasteiger partial charge in [-0.15, -0.1) is 0 Å². The van der Waals surface area contributed by atoms with E-state index < -0.39 is 10.0 Å². The average Bonchev–Trinajstić information content (AvgIpc) is 3.04. The van der Waals surface area contributed by atoms with Crippen LogP contribution in [0.15, 0.2) is 4.90 Å².